The Hall–Kier alpha value is -1.06. The molecule has 0 amide bonds. The van der Waals surface area contributed by atoms with Gasteiger partial charge in [0.2, 0.25) is 0 Å². The molecular formula is C11H12ClN3. The molecule has 0 atom stereocenters. The number of rotatable bonds is 1. The van der Waals surface area contributed by atoms with Crippen LogP contribution in [0.3, 0.4) is 0 Å². The Labute approximate surface area is 92.9 Å². The SMILES string of the molecule is Cc1nc2cccc(C3(N)CC3)n2c1Cl. The third-order valence-electron chi connectivity index (χ3n) is 3.05. The minimum Gasteiger partial charge on any atom is -0.320 e. The highest BCUT2D eigenvalue weighted by Crippen LogP contribution is 2.43. The molecule has 3 rings (SSSR count). The molecule has 0 saturated heterocycles. The molecule has 0 aromatic carbocycles. The summed E-state index contributed by atoms with van der Waals surface area (Å²) in [4.78, 5) is 4.39. The van der Waals surface area contributed by atoms with Gasteiger partial charge >= 0.3 is 0 Å². The van der Waals surface area contributed by atoms with E-state index in [1.165, 1.54) is 0 Å². The average molecular weight is 222 g/mol. The molecule has 78 valence electrons. The molecule has 0 spiro atoms. The topological polar surface area (TPSA) is 43.3 Å². The zero-order chi connectivity index (χ0) is 10.6. The molecule has 0 unspecified atom stereocenters. The summed E-state index contributed by atoms with van der Waals surface area (Å²) in [7, 11) is 0. The number of imidazole rings is 1. The molecule has 2 N–H and O–H groups in total. The number of hydrogen-bond acceptors (Lipinski definition) is 2. The number of hydrogen-bond donors (Lipinski definition) is 1. The van der Waals surface area contributed by atoms with Gasteiger partial charge in [-0.25, -0.2) is 4.98 Å². The number of fused-ring (bicyclic) bond motifs is 1. The second-order valence-electron chi connectivity index (χ2n) is 4.25. The first-order valence-electron chi connectivity index (χ1n) is 5.05. The number of nitrogens with zero attached hydrogens (tertiary/aromatic N) is 2. The molecule has 0 aliphatic heterocycles. The maximum absolute atomic E-state index is 6.23. The highest BCUT2D eigenvalue weighted by Gasteiger charge is 2.42. The van der Waals surface area contributed by atoms with E-state index < -0.39 is 0 Å². The number of pyridine rings is 1. The van der Waals surface area contributed by atoms with Gasteiger partial charge in [-0.05, 0) is 31.9 Å². The lowest BCUT2D eigenvalue weighted by Gasteiger charge is -2.12. The zero-order valence-corrected chi connectivity index (χ0v) is 9.25. The van der Waals surface area contributed by atoms with E-state index in [0.717, 1.165) is 29.9 Å². The second kappa shape index (κ2) is 2.74. The molecule has 1 saturated carbocycles. The lowest BCUT2D eigenvalue weighted by atomic mass is 10.2. The summed E-state index contributed by atoms with van der Waals surface area (Å²) in [5.74, 6) is 0. The Balaban J connectivity index is 2.38. The molecule has 2 aromatic rings. The van der Waals surface area contributed by atoms with E-state index in [4.69, 9.17) is 17.3 Å². The van der Waals surface area contributed by atoms with Gasteiger partial charge in [-0.3, -0.25) is 4.40 Å². The van der Waals surface area contributed by atoms with E-state index in [1.807, 2.05) is 29.5 Å². The molecule has 1 fully saturated rings. The van der Waals surface area contributed by atoms with Crippen LogP contribution < -0.4 is 5.73 Å². The molecule has 3 nitrogen and oxygen atoms in total. The average Bonchev–Trinajstić information content (AvgIpc) is 2.89. The number of halogens is 1. The Bertz CT molecular complexity index is 540. The summed E-state index contributed by atoms with van der Waals surface area (Å²) < 4.78 is 1.96. The molecular weight excluding hydrogens is 210 g/mol. The van der Waals surface area contributed by atoms with E-state index in [2.05, 4.69) is 4.98 Å². The number of aromatic nitrogens is 2. The van der Waals surface area contributed by atoms with Crippen molar-refractivity contribution in [2.45, 2.75) is 25.3 Å². The first-order valence-corrected chi connectivity index (χ1v) is 5.42. The van der Waals surface area contributed by atoms with Crippen molar-refractivity contribution in [2.75, 3.05) is 0 Å². The van der Waals surface area contributed by atoms with E-state index in [1.54, 1.807) is 0 Å². The largest absolute Gasteiger partial charge is 0.320 e. The van der Waals surface area contributed by atoms with Crippen molar-refractivity contribution in [3.8, 4) is 0 Å². The fourth-order valence-corrected chi connectivity index (χ4v) is 2.17. The highest BCUT2D eigenvalue weighted by atomic mass is 35.5. The normalized spacial score (nSPS) is 18.3. The van der Waals surface area contributed by atoms with Crippen LogP contribution in [0.25, 0.3) is 5.65 Å². The van der Waals surface area contributed by atoms with Crippen molar-refractivity contribution in [1.29, 1.82) is 0 Å². The van der Waals surface area contributed by atoms with Gasteiger partial charge in [0.05, 0.1) is 11.2 Å². The fourth-order valence-electron chi connectivity index (χ4n) is 1.95. The van der Waals surface area contributed by atoms with Crippen LogP contribution in [-0.2, 0) is 5.54 Å². The van der Waals surface area contributed by atoms with Crippen LogP contribution in [0, 0.1) is 6.92 Å². The maximum atomic E-state index is 6.23. The van der Waals surface area contributed by atoms with Gasteiger partial charge in [0, 0.05) is 5.69 Å². The molecule has 0 bridgehead atoms. The summed E-state index contributed by atoms with van der Waals surface area (Å²) in [5, 5.41) is 0.678. The lowest BCUT2D eigenvalue weighted by Crippen LogP contribution is -2.22. The Morgan fingerprint density at radius 2 is 2.20 bits per heavy atom. The van der Waals surface area contributed by atoms with Crippen molar-refractivity contribution in [3.05, 3.63) is 34.7 Å². The standard InChI is InChI=1S/C11H12ClN3/c1-7-10(12)15-8(11(13)5-6-11)3-2-4-9(15)14-7/h2-4H,5-6,13H2,1H3. The third-order valence-corrected chi connectivity index (χ3v) is 3.49. The van der Waals surface area contributed by atoms with Crippen molar-refractivity contribution in [3.63, 3.8) is 0 Å². The predicted octanol–water partition coefficient (Wildman–Crippen LogP) is 2.24. The Morgan fingerprint density at radius 3 is 2.87 bits per heavy atom. The summed E-state index contributed by atoms with van der Waals surface area (Å²) in [6.07, 6.45) is 2.05. The molecule has 0 radical (unpaired) electrons. The van der Waals surface area contributed by atoms with Crippen LogP contribution in [0.5, 0.6) is 0 Å². The van der Waals surface area contributed by atoms with E-state index in [0.29, 0.717) is 5.15 Å². The number of aryl methyl sites for hydroxylation is 1. The summed E-state index contributed by atoms with van der Waals surface area (Å²) in [6.45, 7) is 1.91. The molecule has 15 heavy (non-hydrogen) atoms. The van der Waals surface area contributed by atoms with Crippen LogP contribution >= 0.6 is 11.6 Å². The van der Waals surface area contributed by atoms with Crippen molar-refractivity contribution in [2.24, 2.45) is 5.73 Å². The second-order valence-corrected chi connectivity index (χ2v) is 4.61. The molecule has 2 heterocycles. The van der Waals surface area contributed by atoms with Gasteiger partial charge in [-0.2, -0.15) is 0 Å². The smallest absolute Gasteiger partial charge is 0.138 e. The minimum atomic E-state index is -0.184. The van der Waals surface area contributed by atoms with Gasteiger partial charge < -0.3 is 5.73 Å². The van der Waals surface area contributed by atoms with Crippen LogP contribution in [0.1, 0.15) is 24.2 Å². The van der Waals surface area contributed by atoms with Crippen molar-refractivity contribution in [1.82, 2.24) is 9.38 Å². The molecule has 4 heteroatoms. The summed E-state index contributed by atoms with van der Waals surface area (Å²) >= 11 is 6.23. The number of nitrogens with two attached hydrogens (primary N) is 1. The van der Waals surface area contributed by atoms with Crippen LogP contribution in [0.2, 0.25) is 5.15 Å². The van der Waals surface area contributed by atoms with Crippen molar-refractivity contribution < 1.29 is 0 Å². The van der Waals surface area contributed by atoms with E-state index in [-0.39, 0.29) is 5.54 Å². The fraction of sp³-hybridized carbons (Fsp3) is 0.364. The predicted molar refractivity (Wildman–Crippen MR) is 60.0 cm³/mol. The maximum Gasteiger partial charge on any atom is 0.138 e. The minimum absolute atomic E-state index is 0.184. The molecule has 1 aliphatic carbocycles. The van der Waals surface area contributed by atoms with Crippen molar-refractivity contribution >= 4 is 17.2 Å². The van der Waals surface area contributed by atoms with E-state index >= 15 is 0 Å². The monoisotopic (exact) mass is 221 g/mol. The summed E-state index contributed by atoms with van der Waals surface area (Å²) in [6, 6.07) is 5.97. The van der Waals surface area contributed by atoms with Gasteiger partial charge in [0.15, 0.2) is 0 Å². The third kappa shape index (κ3) is 1.20. The molecule has 2 aromatic heterocycles. The van der Waals surface area contributed by atoms with Crippen LogP contribution in [0.4, 0.5) is 0 Å². The summed E-state index contributed by atoms with van der Waals surface area (Å²) in [5.41, 5.74) is 8.83. The quantitative estimate of drug-likeness (QED) is 0.803. The lowest BCUT2D eigenvalue weighted by molar-refractivity contribution is 0.694. The Kier molecular flexibility index (Phi) is 1.68. The van der Waals surface area contributed by atoms with Crippen LogP contribution in [0.15, 0.2) is 18.2 Å². The van der Waals surface area contributed by atoms with Gasteiger partial charge in [-0.15, -0.1) is 0 Å². The van der Waals surface area contributed by atoms with E-state index in [9.17, 15) is 0 Å². The van der Waals surface area contributed by atoms with Gasteiger partial charge in [0.25, 0.3) is 0 Å². The van der Waals surface area contributed by atoms with Gasteiger partial charge in [-0.1, -0.05) is 17.7 Å². The first kappa shape index (κ1) is 9.19. The van der Waals surface area contributed by atoms with Crippen LogP contribution in [-0.4, -0.2) is 9.38 Å². The highest BCUT2D eigenvalue weighted by molar-refractivity contribution is 6.30. The first-order chi connectivity index (χ1) is 7.12. The Morgan fingerprint density at radius 1 is 1.47 bits per heavy atom. The molecule has 1 aliphatic rings. The van der Waals surface area contributed by atoms with Gasteiger partial charge in [0.1, 0.15) is 10.8 Å². The zero-order valence-electron chi connectivity index (χ0n) is 8.50.